The molecule has 1 aromatic rings. The Morgan fingerprint density at radius 2 is 2.00 bits per heavy atom. The van der Waals surface area contributed by atoms with Crippen LogP contribution in [0, 0.1) is 11.6 Å². The quantitative estimate of drug-likeness (QED) is 0.780. The van der Waals surface area contributed by atoms with Gasteiger partial charge in [0.2, 0.25) is 0 Å². The van der Waals surface area contributed by atoms with Gasteiger partial charge in [-0.2, -0.15) is 0 Å². The fourth-order valence-corrected chi connectivity index (χ4v) is 1.77. The highest BCUT2D eigenvalue weighted by molar-refractivity contribution is 5.42. The van der Waals surface area contributed by atoms with Gasteiger partial charge in [0.25, 0.3) is 0 Å². The molecule has 0 bridgehead atoms. The fraction of sp³-hybridized carbons (Fsp3) is 0.0667. The summed E-state index contributed by atoms with van der Waals surface area (Å²) in [5.74, 6) is -1.67. The Balaban J connectivity index is 2.17. The van der Waals surface area contributed by atoms with Crippen molar-refractivity contribution < 1.29 is 8.78 Å². The average Bonchev–Trinajstić information content (AvgIpc) is 2.36. The van der Waals surface area contributed by atoms with Crippen LogP contribution < -0.4 is 0 Å². The van der Waals surface area contributed by atoms with Crippen LogP contribution in [0.15, 0.2) is 67.1 Å². The van der Waals surface area contributed by atoms with E-state index in [0.29, 0.717) is 12.1 Å². The molecule has 0 atom stereocenters. The molecule has 92 valence electrons. The highest BCUT2D eigenvalue weighted by Crippen LogP contribution is 2.22. The molecule has 0 aromatic heterocycles. The van der Waals surface area contributed by atoms with E-state index in [4.69, 9.17) is 0 Å². The zero-order valence-electron chi connectivity index (χ0n) is 9.87. The van der Waals surface area contributed by atoms with E-state index < -0.39 is 11.6 Å². The van der Waals surface area contributed by atoms with Gasteiger partial charge < -0.3 is 4.90 Å². The summed E-state index contributed by atoms with van der Waals surface area (Å²) in [5, 5.41) is 0. The van der Waals surface area contributed by atoms with Crippen LogP contribution in [0.1, 0.15) is 5.56 Å². The first-order valence-corrected chi connectivity index (χ1v) is 5.52. The second-order valence-electron chi connectivity index (χ2n) is 3.99. The van der Waals surface area contributed by atoms with Crippen molar-refractivity contribution in [1.29, 1.82) is 0 Å². The van der Waals surface area contributed by atoms with Crippen LogP contribution in [0.2, 0.25) is 0 Å². The molecule has 0 fully saturated rings. The van der Waals surface area contributed by atoms with Crippen molar-refractivity contribution in [1.82, 2.24) is 4.90 Å². The van der Waals surface area contributed by atoms with Crippen LogP contribution >= 0.6 is 0 Å². The van der Waals surface area contributed by atoms with Gasteiger partial charge >= 0.3 is 0 Å². The Morgan fingerprint density at radius 1 is 1.22 bits per heavy atom. The van der Waals surface area contributed by atoms with Gasteiger partial charge in [-0.25, -0.2) is 8.78 Å². The van der Waals surface area contributed by atoms with E-state index in [1.54, 1.807) is 12.1 Å². The maximum atomic E-state index is 13.1. The molecule has 18 heavy (non-hydrogen) atoms. The third kappa shape index (κ3) is 2.40. The Kier molecular flexibility index (Phi) is 3.42. The standard InChI is InChI=1S/C15H13F2N/c1-3-13-5-4-8-18(11(13)2)10-12-6-7-14(16)15(17)9-12/h3-9H,1-2,10H2. The Bertz CT molecular complexity index is 556. The van der Waals surface area contributed by atoms with E-state index in [1.165, 1.54) is 6.07 Å². The molecule has 0 saturated carbocycles. The van der Waals surface area contributed by atoms with E-state index in [-0.39, 0.29) is 0 Å². The van der Waals surface area contributed by atoms with Crippen molar-refractivity contribution in [3.63, 3.8) is 0 Å². The third-order valence-corrected chi connectivity index (χ3v) is 2.78. The van der Waals surface area contributed by atoms with Crippen molar-refractivity contribution in [3.05, 3.63) is 84.3 Å². The highest BCUT2D eigenvalue weighted by atomic mass is 19.2. The maximum Gasteiger partial charge on any atom is 0.159 e. The molecule has 1 aliphatic rings. The lowest BCUT2D eigenvalue weighted by Gasteiger charge is -2.26. The van der Waals surface area contributed by atoms with Crippen LogP contribution in [0.3, 0.4) is 0 Å². The summed E-state index contributed by atoms with van der Waals surface area (Å²) >= 11 is 0. The third-order valence-electron chi connectivity index (χ3n) is 2.78. The lowest BCUT2D eigenvalue weighted by molar-refractivity contribution is 0.460. The van der Waals surface area contributed by atoms with Crippen molar-refractivity contribution in [2.75, 3.05) is 0 Å². The van der Waals surface area contributed by atoms with Crippen molar-refractivity contribution in [2.24, 2.45) is 0 Å². The molecule has 3 heteroatoms. The molecular weight excluding hydrogens is 232 g/mol. The van der Waals surface area contributed by atoms with Crippen molar-refractivity contribution >= 4 is 0 Å². The first-order valence-electron chi connectivity index (χ1n) is 5.52. The SMILES string of the molecule is C=CC1=CC=CN(Cc2ccc(F)c(F)c2)C1=C. The molecule has 0 N–H and O–H groups in total. The number of allylic oxidation sites excluding steroid dienone is 3. The summed E-state index contributed by atoms with van der Waals surface area (Å²) in [6.07, 6.45) is 7.32. The van der Waals surface area contributed by atoms with Crippen LogP contribution in [-0.2, 0) is 6.54 Å². The van der Waals surface area contributed by atoms with Gasteiger partial charge in [-0.05, 0) is 29.3 Å². The summed E-state index contributed by atoms with van der Waals surface area (Å²) in [5.41, 5.74) is 2.39. The van der Waals surface area contributed by atoms with Gasteiger partial charge in [0, 0.05) is 18.4 Å². The molecule has 0 radical (unpaired) electrons. The van der Waals surface area contributed by atoms with E-state index in [0.717, 1.165) is 17.3 Å². The summed E-state index contributed by atoms with van der Waals surface area (Å²) < 4.78 is 25.9. The maximum absolute atomic E-state index is 13.1. The second kappa shape index (κ2) is 5.00. The fourth-order valence-electron chi connectivity index (χ4n) is 1.77. The number of hydrogen-bond donors (Lipinski definition) is 0. The van der Waals surface area contributed by atoms with Crippen LogP contribution in [0.5, 0.6) is 0 Å². The minimum Gasteiger partial charge on any atom is -0.344 e. The number of nitrogens with zero attached hydrogens (tertiary/aromatic N) is 1. The number of halogens is 2. The molecule has 0 saturated heterocycles. The first kappa shape index (κ1) is 12.3. The smallest absolute Gasteiger partial charge is 0.159 e. The lowest BCUT2D eigenvalue weighted by atomic mass is 10.1. The summed E-state index contributed by atoms with van der Waals surface area (Å²) in [6, 6.07) is 3.89. The Labute approximate surface area is 105 Å². The molecule has 0 spiro atoms. The zero-order valence-corrected chi connectivity index (χ0v) is 9.87. The molecule has 1 nitrogen and oxygen atoms in total. The normalized spacial score (nSPS) is 14.7. The monoisotopic (exact) mass is 245 g/mol. The molecule has 0 unspecified atom stereocenters. The topological polar surface area (TPSA) is 3.24 Å². The van der Waals surface area contributed by atoms with Gasteiger partial charge in [0.05, 0.1) is 0 Å². The largest absolute Gasteiger partial charge is 0.344 e. The van der Waals surface area contributed by atoms with Crippen molar-refractivity contribution in [2.45, 2.75) is 6.54 Å². The summed E-state index contributed by atoms with van der Waals surface area (Å²) in [7, 11) is 0. The number of benzene rings is 1. The predicted octanol–water partition coefficient (Wildman–Crippen LogP) is 3.92. The minimum absolute atomic E-state index is 0.442. The second-order valence-corrected chi connectivity index (χ2v) is 3.99. The van der Waals surface area contributed by atoms with E-state index in [2.05, 4.69) is 13.2 Å². The van der Waals surface area contributed by atoms with Crippen LogP contribution in [-0.4, -0.2) is 4.90 Å². The summed E-state index contributed by atoms with van der Waals surface area (Å²) in [4.78, 5) is 1.86. The van der Waals surface area contributed by atoms with Gasteiger partial charge in [0.1, 0.15) is 0 Å². The first-order chi connectivity index (χ1) is 8.61. The zero-order chi connectivity index (χ0) is 13.1. The Morgan fingerprint density at radius 3 is 2.67 bits per heavy atom. The lowest BCUT2D eigenvalue weighted by Crippen LogP contribution is -2.18. The molecule has 1 aromatic carbocycles. The highest BCUT2D eigenvalue weighted by Gasteiger charge is 2.12. The average molecular weight is 245 g/mol. The molecule has 1 aliphatic heterocycles. The minimum atomic E-state index is -0.835. The van der Waals surface area contributed by atoms with E-state index in [1.807, 2.05) is 23.3 Å². The van der Waals surface area contributed by atoms with Gasteiger partial charge in [-0.15, -0.1) is 0 Å². The number of hydrogen-bond acceptors (Lipinski definition) is 1. The molecule has 0 amide bonds. The molecule has 2 rings (SSSR count). The summed E-state index contributed by atoms with van der Waals surface area (Å²) in [6.45, 7) is 8.10. The van der Waals surface area contributed by atoms with Gasteiger partial charge in [-0.3, -0.25) is 0 Å². The number of rotatable bonds is 3. The molecule has 0 aliphatic carbocycles. The Hall–Kier alpha value is -2.16. The van der Waals surface area contributed by atoms with Gasteiger partial charge in [-0.1, -0.05) is 31.4 Å². The van der Waals surface area contributed by atoms with Crippen molar-refractivity contribution in [3.8, 4) is 0 Å². The molecular formula is C15H13F2N. The van der Waals surface area contributed by atoms with E-state index in [9.17, 15) is 8.78 Å². The van der Waals surface area contributed by atoms with Crippen LogP contribution in [0.4, 0.5) is 8.78 Å². The van der Waals surface area contributed by atoms with E-state index >= 15 is 0 Å². The van der Waals surface area contributed by atoms with Gasteiger partial charge in [0.15, 0.2) is 11.6 Å². The predicted molar refractivity (Wildman–Crippen MR) is 68.5 cm³/mol. The molecule has 1 heterocycles. The van der Waals surface area contributed by atoms with Crippen LogP contribution in [0.25, 0.3) is 0 Å².